The van der Waals surface area contributed by atoms with E-state index in [4.69, 9.17) is 5.73 Å². The predicted molar refractivity (Wildman–Crippen MR) is 53.2 cm³/mol. The van der Waals surface area contributed by atoms with E-state index >= 15 is 0 Å². The molecular formula is C9H11N5O. The molecule has 0 fully saturated rings. The number of hydrogen-bond acceptors (Lipinski definition) is 5. The number of carbonyl (C=O) groups is 1. The van der Waals surface area contributed by atoms with Gasteiger partial charge in [-0.05, 0) is 16.8 Å². The first-order chi connectivity index (χ1) is 7.30. The van der Waals surface area contributed by atoms with Crippen molar-refractivity contribution in [3.8, 4) is 0 Å². The van der Waals surface area contributed by atoms with E-state index in [9.17, 15) is 4.79 Å². The van der Waals surface area contributed by atoms with E-state index in [1.807, 2.05) is 24.3 Å². The van der Waals surface area contributed by atoms with Gasteiger partial charge in [-0.25, -0.2) is 0 Å². The smallest absolute Gasteiger partial charge is 0.224 e. The molecule has 0 aromatic carbocycles. The number of allylic oxidation sites excluding steroid dienone is 3. The molecule has 0 saturated heterocycles. The average molecular weight is 205 g/mol. The fourth-order valence-corrected chi connectivity index (χ4v) is 0.957. The van der Waals surface area contributed by atoms with Crippen molar-refractivity contribution in [2.45, 2.75) is 6.42 Å². The number of primary amides is 1. The molecule has 0 radical (unpaired) electrons. The third-order valence-corrected chi connectivity index (χ3v) is 1.69. The van der Waals surface area contributed by atoms with Crippen molar-refractivity contribution < 1.29 is 4.79 Å². The van der Waals surface area contributed by atoms with E-state index in [1.165, 1.54) is 12.4 Å². The number of nitrogens with zero attached hydrogens (tertiary/aromatic N) is 4. The molecule has 0 saturated carbocycles. The molecule has 0 aliphatic heterocycles. The van der Waals surface area contributed by atoms with Gasteiger partial charge in [-0.15, -0.1) is 10.2 Å². The second-order valence-electron chi connectivity index (χ2n) is 2.77. The quantitative estimate of drug-likeness (QED) is 0.689. The van der Waals surface area contributed by atoms with Gasteiger partial charge in [0.15, 0.2) is 0 Å². The topological polar surface area (TPSA) is 94.7 Å². The van der Waals surface area contributed by atoms with Gasteiger partial charge in [0, 0.05) is 0 Å². The first-order valence-corrected chi connectivity index (χ1v) is 4.38. The Kier molecular flexibility index (Phi) is 4.65. The van der Waals surface area contributed by atoms with Crippen LogP contribution in [0.1, 0.15) is 6.42 Å². The molecule has 1 amide bonds. The van der Waals surface area contributed by atoms with Crippen molar-refractivity contribution in [3.05, 3.63) is 36.7 Å². The van der Waals surface area contributed by atoms with Crippen molar-refractivity contribution >= 4 is 5.91 Å². The summed E-state index contributed by atoms with van der Waals surface area (Å²) in [5.74, 6) is -0.314. The molecule has 2 rings (SSSR count). The average Bonchev–Trinajstić information content (AvgIpc) is 2.33. The van der Waals surface area contributed by atoms with Crippen molar-refractivity contribution in [3.63, 3.8) is 0 Å². The lowest BCUT2D eigenvalue weighted by Crippen LogP contribution is -2.21. The minimum Gasteiger partial charge on any atom is -0.369 e. The highest BCUT2D eigenvalue weighted by atomic mass is 16.1. The first kappa shape index (κ1) is 11.0. The van der Waals surface area contributed by atoms with Gasteiger partial charge in [-0.1, -0.05) is 24.3 Å². The molecule has 6 heteroatoms. The van der Waals surface area contributed by atoms with E-state index in [0.29, 0.717) is 0 Å². The van der Waals surface area contributed by atoms with E-state index in [1.54, 1.807) is 0 Å². The molecule has 1 unspecified atom stereocenters. The number of nitrogens with two attached hydrogens (primary N) is 1. The fraction of sp³-hybridized carbons (Fsp3) is 0.222. The zero-order valence-electron chi connectivity index (χ0n) is 8.02. The van der Waals surface area contributed by atoms with Crippen molar-refractivity contribution in [2.24, 2.45) is 11.7 Å². The van der Waals surface area contributed by atoms with E-state index in [0.717, 1.165) is 6.42 Å². The molecular weight excluding hydrogens is 194 g/mol. The van der Waals surface area contributed by atoms with Crippen LogP contribution in [0.25, 0.3) is 0 Å². The molecule has 0 spiro atoms. The molecule has 15 heavy (non-hydrogen) atoms. The molecule has 1 heterocycles. The normalized spacial score (nSPS) is 17.7. The zero-order chi connectivity index (χ0) is 10.9. The summed E-state index contributed by atoms with van der Waals surface area (Å²) in [5.41, 5.74) is 5.04. The molecule has 0 bridgehead atoms. The van der Waals surface area contributed by atoms with Gasteiger partial charge in [-0.3, -0.25) is 4.79 Å². The van der Waals surface area contributed by atoms with Gasteiger partial charge in [0.05, 0.1) is 18.3 Å². The third-order valence-electron chi connectivity index (χ3n) is 1.69. The maximum Gasteiger partial charge on any atom is 0.224 e. The van der Waals surface area contributed by atoms with Gasteiger partial charge in [-0.2, -0.15) is 0 Å². The van der Waals surface area contributed by atoms with E-state index in [-0.39, 0.29) is 11.8 Å². The van der Waals surface area contributed by atoms with Crippen LogP contribution in [-0.4, -0.2) is 26.5 Å². The maximum absolute atomic E-state index is 10.5. The third kappa shape index (κ3) is 4.61. The van der Waals surface area contributed by atoms with Crippen LogP contribution >= 0.6 is 0 Å². The minimum absolute atomic E-state index is 0.0741. The van der Waals surface area contributed by atoms with Crippen LogP contribution in [0.15, 0.2) is 36.7 Å². The zero-order valence-corrected chi connectivity index (χ0v) is 8.02. The van der Waals surface area contributed by atoms with Gasteiger partial charge in [0.2, 0.25) is 5.91 Å². The number of hydrogen-bond donors (Lipinski definition) is 1. The van der Waals surface area contributed by atoms with Gasteiger partial charge >= 0.3 is 0 Å². The SMILES string of the molecule is NC(=O)C1C=CC=CC1.c1cnnnn1. The lowest BCUT2D eigenvalue weighted by molar-refractivity contribution is -0.120. The Hall–Kier alpha value is -2.11. The molecule has 1 atom stereocenters. The highest BCUT2D eigenvalue weighted by Crippen LogP contribution is 2.09. The lowest BCUT2D eigenvalue weighted by Gasteiger charge is -2.06. The monoisotopic (exact) mass is 205 g/mol. The largest absolute Gasteiger partial charge is 0.369 e. The summed E-state index contributed by atoms with van der Waals surface area (Å²) in [6, 6.07) is 0. The summed E-state index contributed by atoms with van der Waals surface area (Å²) in [7, 11) is 0. The van der Waals surface area contributed by atoms with Crippen molar-refractivity contribution in [1.82, 2.24) is 20.6 Å². The first-order valence-electron chi connectivity index (χ1n) is 4.38. The van der Waals surface area contributed by atoms with E-state index in [2.05, 4.69) is 20.6 Å². The maximum atomic E-state index is 10.5. The molecule has 1 aliphatic rings. The van der Waals surface area contributed by atoms with Gasteiger partial charge in [0.1, 0.15) is 0 Å². The summed E-state index contributed by atoms with van der Waals surface area (Å²) >= 11 is 0. The van der Waals surface area contributed by atoms with Crippen LogP contribution in [0.2, 0.25) is 0 Å². The molecule has 78 valence electrons. The Morgan fingerprint density at radius 3 is 2.13 bits per heavy atom. The predicted octanol–water partition coefficient (Wildman–Crippen LogP) is -0.129. The number of aromatic nitrogens is 4. The van der Waals surface area contributed by atoms with Crippen LogP contribution < -0.4 is 5.73 Å². The van der Waals surface area contributed by atoms with Gasteiger partial charge < -0.3 is 5.73 Å². The standard InChI is InChI=1S/C7H9NO.C2H2N4/c8-7(9)6-4-2-1-3-5-6;1-2-4-6-5-3-1/h1-4,6H,5H2,(H2,8,9);1-2H. The number of carbonyl (C=O) groups excluding carboxylic acids is 1. The summed E-state index contributed by atoms with van der Waals surface area (Å²) in [4.78, 5) is 10.5. The minimum atomic E-state index is -0.240. The number of amides is 1. The van der Waals surface area contributed by atoms with Crippen LogP contribution in [-0.2, 0) is 4.79 Å². The second kappa shape index (κ2) is 6.36. The fourth-order valence-electron chi connectivity index (χ4n) is 0.957. The van der Waals surface area contributed by atoms with Gasteiger partial charge in [0.25, 0.3) is 0 Å². The Bertz CT molecular complexity index is 322. The molecule has 1 aromatic heterocycles. The summed E-state index contributed by atoms with van der Waals surface area (Å²) in [6.07, 6.45) is 11.2. The Morgan fingerprint density at radius 2 is 1.87 bits per heavy atom. The molecule has 2 N–H and O–H groups in total. The molecule has 6 nitrogen and oxygen atoms in total. The van der Waals surface area contributed by atoms with Crippen LogP contribution in [0, 0.1) is 5.92 Å². The summed E-state index contributed by atoms with van der Waals surface area (Å²) < 4.78 is 0. The summed E-state index contributed by atoms with van der Waals surface area (Å²) in [5, 5.41) is 13.1. The lowest BCUT2D eigenvalue weighted by atomic mass is 10.0. The van der Waals surface area contributed by atoms with Crippen LogP contribution in [0.4, 0.5) is 0 Å². The summed E-state index contributed by atoms with van der Waals surface area (Å²) in [6.45, 7) is 0. The second-order valence-corrected chi connectivity index (χ2v) is 2.77. The molecule has 1 aliphatic carbocycles. The Labute approximate surface area is 86.9 Å². The number of rotatable bonds is 1. The Balaban J connectivity index is 0.000000162. The van der Waals surface area contributed by atoms with Crippen LogP contribution in [0.3, 0.4) is 0 Å². The van der Waals surface area contributed by atoms with Crippen molar-refractivity contribution in [1.29, 1.82) is 0 Å². The van der Waals surface area contributed by atoms with Crippen molar-refractivity contribution in [2.75, 3.05) is 0 Å². The Morgan fingerprint density at radius 1 is 1.20 bits per heavy atom. The highest BCUT2D eigenvalue weighted by Gasteiger charge is 2.09. The van der Waals surface area contributed by atoms with E-state index < -0.39 is 0 Å². The molecule has 1 aromatic rings. The van der Waals surface area contributed by atoms with Crippen LogP contribution in [0.5, 0.6) is 0 Å². The highest BCUT2D eigenvalue weighted by molar-refractivity contribution is 5.78.